The van der Waals surface area contributed by atoms with E-state index in [4.69, 9.17) is 9.31 Å². The summed E-state index contributed by atoms with van der Waals surface area (Å²) in [5.74, 6) is 0.803. The van der Waals surface area contributed by atoms with Gasteiger partial charge in [0, 0.05) is 12.1 Å². The second kappa shape index (κ2) is 5.07. The fourth-order valence-corrected chi connectivity index (χ4v) is 2.76. The predicted octanol–water partition coefficient (Wildman–Crippen LogP) is 1.98. The Labute approximate surface area is 141 Å². The normalized spacial score (nSPS) is 22.1. The lowest BCUT2D eigenvalue weighted by molar-refractivity contribution is -0.117. The lowest BCUT2D eigenvalue weighted by atomic mass is 9.80. The van der Waals surface area contributed by atoms with E-state index in [1.54, 1.807) is 0 Å². The van der Waals surface area contributed by atoms with Crippen molar-refractivity contribution in [1.29, 1.82) is 0 Å². The highest BCUT2D eigenvalue weighted by atomic mass is 16.7. The average Bonchev–Trinajstić information content (AvgIpc) is 3.21. The number of carbonyl (C=O) groups excluding carboxylic acids is 1. The van der Waals surface area contributed by atoms with Crippen LogP contribution in [0.25, 0.3) is 5.65 Å². The maximum atomic E-state index is 11.9. The molecule has 7 heteroatoms. The molecule has 1 N–H and O–H groups in total. The molecule has 2 fully saturated rings. The van der Waals surface area contributed by atoms with E-state index in [1.807, 2.05) is 56.6 Å². The molecule has 2 aromatic heterocycles. The summed E-state index contributed by atoms with van der Waals surface area (Å²) in [6.45, 7) is 8.14. The van der Waals surface area contributed by atoms with Gasteiger partial charge in [-0.25, -0.2) is 4.98 Å². The van der Waals surface area contributed by atoms with E-state index in [-0.39, 0.29) is 23.0 Å². The maximum Gasteiger partial charge on any atom is 0.496 e. The van der Waals surface area contributed by atoms with E-state index in [0.717, 1.165) is 24.0 Å². The minimum absolute atomic E-state index is 0.0598. The number of pyridine rings is 1. The highest BCUT2D eigenvalue weighted by Gasteiger charge is 2.51. The summed E-state index contributed by atoms with van der Waals surface area (Å²) >= 11 is 0. The SMILES string of the molecule is CC1(C)OB(c2ccc3nc(NC(=O)C4CC4)cn3c2)OC1(C)C. The summed E-state index contributed by atoms with van der Waals surface area (Å²) in [4.78, 5) is 16.3. The van der Waals surface area contributed by atoms with Crippen LogP contribution in [0.4, 0.5) is 5.82 Å². The Bertz CT molecular complexity index is 795. The van der Waals surface area contributed by atoms with Crippen LogP contribution >= 0.6 is 0 Å². The van der Waals surface area contributed by atoms with Crippen molar-refractivity contribution in [3.05, 3.63) is 24.5 Å². The average molecular weight is 327 g/mol. The van der Waals surface area contributed by atoms with Crippen molar-refractivity contribution in [1.82, 2.24) is 9.38 Å². The van der Waals surface area contributed by atoms with Gasteiger partial charge in [-0.05, 0) is 52.1 Å². The smallest absolute Gasteiger partial charge is 0.399 e. The van der Waals surface area contributed by atoms with Crippen LogP contribution in [0.3, 0.4) is 0 Å². The second-order valence-corrected chi connectivity index (χ2v) is 7.71. The Balaban J connectivity index is 1.58. The van der Waals surface area contributed by atoms with Crippen LogP contribution in [0.2, 0.25) is 0 Å². The Morgan fingerprint density at radius 2 is 1.88 bits per heavy atom. The molecule has 4 rings (SSSR count). The molecular formula is C17H22BN3O3. The number of hydrogen-bond acceptors (Lipinski definition) is 4. The van der Waals surface area contributed by atoms with Crippen LogP contribution in [-0.4, -0.2) is 33.6 Å². The third-order valence-electron chi connectivity index (χ3n) is 5.20. The largest absolute Gasteiger partial charge is 0.496 e. The quantitative estimate of drug-likeness (QED) is 0.876. The predicted molar refractivity (Wildman–Crippen MR) is 92.3 cm³/mol. The molecule has 2 aromatic rings. The Morgan fingerprint density at radius 1 is 1.21 bits per heavy atom. The number of rotatable bonds is 3. The van der Waals surface area contributed by atoms with Crippen LogP contribution in [0.5, 0.6) is 0 Å². The summed E-state index contributed by atoms with van der Waals surface area (Å²) in [7, 11) is -0.411. The van der Waals surface area contributed by atoms with Gasteiger partial charge in [0.25, 0.3) is 0 Å². The summed E-state index contributed by atoms with van der Waals surface area (Å²) < 4.78 is 14.1. The number of carbonyl (C=O) groups is 1. The monoisotopic (exact) mass is 327 g/mol. The Kier molecular flexibility index (Phi) is 3.31. The molecule has 1 aliphatic heterocycles. The molecule has 0 unspecified atom stereocenters. The number of imidazole rings is 1. The number of nitrogens with zero attached hydrogens (tertiary/aromatic N) is 2. The third-order valence-corrected chi connectivity index (χ3v) is 5.20. The van der Waals surface area contributed by atoms with Crippen molar-refractivity contribution in [2.45, 2.75) is 51.7 Å². The van der Waals surface area contributed by atoms with Gasteiger partial charge >= 0.3 is 7.12 Å². The van der Waals surface area contributed by atoms with Gasteiger partial charge in [0.15, 0.2) is 5.82 Å². The van der Waals surface area contributed by atoms with E-state index in [0.29, 0.717) is 5.82 Å². The molecule has 2 aliphatic rings. The molecule has 1 amide bonds. The first-order valence-corrected chi connectivity index (χ1v) is 8.40. The summed E-state index contributed by atoms with van der Waals surface area (Å²) in [5.41, 5.74) is 0.968. The molecule has 0 bridgehead atoms. The van der Waals surface area contributed by atoms with Crippen LogP contribution in [0, 0.1) is 5.92 Å². The standard InChI is InChI=1S/C17H22BN3O3/c1-16(2)17(3,4)24-18(23-16)12-7-8-14-19-13(10-21(14)9-12)20-15(22)11-5-6-11/h7-11H,5-6H2,1-4H3,(H,20,22). The number of anilines is 1. The summed E-state index contributed by atoms with van der Waals surface area (Å²) in [6.07, 6.45) is 5.72. The van der Waals surface area contributed by atoms with Crippen molar-refractivity contribution in [2.24, 2.45) is 5.92 Å². The van der Waals surface area contributed by atoms with Crippen molar-refractivity contribution in [3.8, 4) is 0 Å². The molecule has 1 saturated heterocycles. The Morgan fingerprint density at radius 3 is 2.50 bits per heavy atom. The molecule has 24 heavy (non-hydrogen) atoms. The first-order valence-electron chi connectivity index (χ1n) is 8.40. The molecule has 1 saturated carbocycles. The molecular weight excluding hydrogens is 305 g/mol. The number of amides is 1. The third kappa shape index (κ3) is 2.61. The van der Waals surface area contributed by atoms with Crippen molar-refractivity contribution < 1.29 is 14.1 Å². The highest BCUT2D eigenvalue weighted by molar-refractivity contribution is 6.62. The van der Waals surface area contributed by atoms with Gasteiger partial charge in [-0.1, -0.05) is 6.07 Å². The molecule has 0 spiro atoms. The zero-order chi connectivity index (χ0) is 17.1. The van der Waals surface area contributed by atoms with Crippen LogP contribution in [0.15, 0.2) is 24.5 Å². The topological polar surface area (TPSA) is 64.9 Å². The fourth-order valence-electron chi connectivity index (χ4n) is 2.76. The fraction of sp³-hybridized carbons (Fsp3) is 0.529. The van der Waals surface area contributed by atoms with Gasteiger partial charge in [-0.3, -0.25) is 4.79 Å². The van der Waals surface area contributed by atoms with Gasteiger partial charge in [0.1, 0.15) is 5.65 Å². The zero-order valence-electron chi connectivity index (χ0n) is 14.5. The van der Waals surface area contributed by atoms with E-state index in [9.17, 15) is 4.79 Å². The lowest BCUT2D eigenvalue weighted by Crippen LogP contribution is -2.41. The van der Waals surface area contributed by atoms with Gasteiger partial charge in [-0.2, -0.15) is 0 Å². The summed E-state index contributed by atoms with van der Waals surface area (Å²) in [6, 6.07) is 3.87. The molecule has 3 heterocycles. The molecule has 1 aliphatic carbocycles. The number of fused-ring (bicyclic) bond motifs is 1. The van der Waals surface area contributed by atoms with Gasteiger partial charge in [0.2, 0.25) is 5.91 Å². The van der Waals surface area contributed by atoms with E-state index < -0.39 is 7.12 Å². The molecule has 0 atom stereocenters. The van der Waals surface area contributed by atoms with Crippen LogP contribution in [0.1, 0.15) is 40.5 Å². The van der Waals surface area contributed by atoms with Crippen molar-refractivity contribution in [3.63, 3.8) is 0 Å². The van der Waals surface area contributed by atoms with Crippen molar-refractivity contribution >= 4 is 30.0 Å². The van der Waals surface area contributed by atoms with E-state index in [1.165, 1.54) is 0 Å². The van der Waals surface area contributed by atoms with E-state index in [2.05, 4.69) is 10.3 Å². The first-order chi connectivity index (χ1) is 11.2. The molecule has 0 aromatic carbocycles. The van der Waals surface area contributed by atoms with Gasteiger partial charge in [-0.15, -0.1) is 0 Å². The van der Waals surface area contributed by atoms with Gasteiger partial charge in [0.05, 0.1) is 17.4 Å². The van der Waals surface area contributed by atoms with Crippen LogP contribution < -0.4 is 10.8 Å². The highest BCUT2D eigenvalue weighted by Crippen LogP contribution is 2.36. The minimum atomic E-state index is -0.411. The molecule has 126 valence electrons. The maximum absolute atomic E-state index is 11.9. The number of nitrogens with one attached hydrogen (secondary N) is 1. The number of aromatic nitrogens is 2. The second-order valence-electron chi connectivity index (χ2n) is 7.71. The number of hydrogen-bond donors (Lipinski definition) is 1. The molecule has 6 nitrogen and oxygen atoms in total. The lowest BCUT2D eigenvalue weighted by Gasteiger charge is -2.32. The minimum Gasteiger partial charge on any atom is -0.399 e. The van der Waals surface area contributed by atoms with Crippen molar-refractivity contribution in [2.75, 3.05) is 5.32 Å². The van der Waals surface area contributed by atoms with Gasteiger partial charge < -0.3 is 19.0 Å². The molecule has 0 radical (unpaired) electrons. The zero-order valence-corrected chi connectivity index (χ0v) is 14.5. The van der Waals surface area contributed by atoms with E-state index >= 15 is 0 Å². The summed E-state index contributed by atoms with van der Waals surface area (Å²) in [5, 5.41) is 2.88. The first kappa shape index (κ1) is 15.7. The Hall–Kier alpha value is -1.86. The van der Waals surface area contributed by atoms with Crippen LogP contribution in [-0.2, 0) is 14.1 Å².